The average Bonchev–Trinajstić information content (AvgIpc) is 2.08. The van der Waals surface area contributed by atoms with Crippen molar-refractivity contribution in [2.45, 2.75) is 26.8 Å². The number of hydroxylamine groups is 1. The second-order valence-corrected chi connectivity index (χ2v) is 3.64. The summed E-state index contributed by atoms with van der Waals surface area (Å²) < 4.78 is 0. The van der Waals surface area contributed by atoms with E-state index in [9.17, 15) is 9.59 Å². The maximum Gasteiger partial charge on any atom is 0.327 e. The summed E-state index contributed by atoms with van der Waals surface area (Å²) in [5.74, 6) is -1.11. The van der Waals surface area contributed by atoms with Crippen LogP contribution in [-0.2, 0) is 14.4 Å². The maximum absolute atomic E-state index is 10.7. The highest BCUT2D eigenvalue weighted by Crippen LogP contribution is 1.90. The highest BCUT2D eigenvalue weighted by Gasteiger charge is 2.17. The van der Waals surface area contributed by atoms with Crippen LogP contribution in [0.1, 0.15) is 20.8 Å². The van der Waals surface area contributed by atoms with Gasteiger partial charge in [0.05, 0.1) is 13.2 Å². The Kier molecular flexibility index (Phi) is 6.64. The van der Waals surface area contributed by atoms with Gasteiger partial charge in [0, 0.05) is 6.92 Å². The van der Waals surface area contributed by atoms with E-state index >= 15 is 0 Å². The number of hydrogen-bond donors (Lipinski definition) is 3. The molecular formula is C9H18N2O4. The highest BCUT2D eigenvalue weighted by atomic mass is 16.6. The van der Waals surface area contributed by atoms with Crippen LogP contribution >= 0.6 is 0 Å². The molecule has 0 aliphatic carbocycles. The van der Waals surface area contributed by atoms with E-state index in [2.05, 4.69) is 10.8 Å². The molecule has 0 bridgehead atoms. The van der Waals surface area contributed by atoms with Crippen LogP contribution < -0.4 is 10.8 Å². The molecule has 88 valence electrons. The first kappa shape index (κ1) is 13.9. The fourth-order valence-corrected chi connectivity index (χ4v) is 0.813. The second kappa shape index (κ2) is 7.19. The van der Waals surface area contributed by atoms with E-state index in [0.29, 0.717) is 12.5 Å². The van der Waals surface area contributed by atoms with Gasteiger partial charge in [0.15, 0.2) is 0 Å². The molecular weight excluding hydrogens is 200 g/mol. The molecule has 1 unspecified atom stereocenters. The summed E-state index contributed by atoms with van der Waals surface area (Å²) in [6, 6.07) is -0.963. The Morgan fingerprint density at radius 2 is 2.00 bits per heavy atom. The number of rotatable bonds is 7. The first-order valence-corrected chi connectivity index (χ1v) is 4.78. The fourth-order valence-electron chi connectivity index (χ4n) is 0.813. The van der Waals surface area contributed by atoms with Crippen LogP contribution in [0.2, 0.25) is 0 Å². The third-order valence-electron chi connectivity index (χ3n) is 1.48. The van der Waals surface area contributed by atoms with Gasteiger partial charge in [0.1, 0.15) is 6.04 Å². The SMILES string of the molecule is CC(=O)NC(CNOCC(C)C)C(=O)O. The zero-order chi connectivity index (χ0) is 11.8. The zero-order valence-electron chi connectivity index (χ0n) is 9.24. The molecule has 0 aliphatic heterocycles. The third-order valence-corrected chi connectivity index (χ3v) is 1.48. The Morgan fingerprint density at radius 1 is 1.40 bits per heavy atom. The number of carbonyl (C=O) groups is 2. The fraction of sp³-hybridized carbons (Fsp3) is 0.778. The van der Waals surface area contributed by atoms with Crippen LogP contribution in [0.25, 0.3) is 0 Å². The Bertz CT molecular complexity index is 218. The van der Waals surface area contributed by atoms with Gasteiger partial charge in [0.2, 0.25) is 5.91 Å². The van der Waals surface area contributed by atoms with Crippen LogP contribution in [0.5, 0.6) is 0 Å². The van der Waals surface area contributed by atoms with Gasteiger partial charge in [-0.2, -0.15) is 5.48 Å². The predicted molar refractivity (Wildman–Crippen MR) is 54.0 cm³/mol. The van der Waals surface area contributed by atoms with Gasteiger partial charge >= 0.3 is 5.97 Å². The largest absolute Gasteiger partial charge is 0.480 e. The molecule has 0 fully saturated rings. The van der Waals surface area contributed by atoms with Crippen molar-refractivity contribution in [3.63, 3.8) is 0 Å². The number of carbonyl (C=O) groups excluding carboxylic acids is 1. The topological polar surface area (TPSA) is 87.7 Å². The molecule has 0 saturated carbocycles. The molecule has 0 aromatic heterocycles. The summed E-state index contributed by atoms with van der Waals surface area (Å²) in [7, 11) is 0. The van der Waals surface area contributed by atoms with Gasteiger partial charge in [-0.1, -0.05) is 13.8 Å². The van der Waals surface area contributed by atoms with Gasteiger partial charge < -0.3 is 15.3 Å². The molecule has 0 aromatic rings. The number of aliphatic carboxylic acids is 1. The minimum atomic E-state index is -1.09. The lowest BCUT2D eigenvalue weighted by atomic mass is 10.2. The Morgan fingerprint density at radius 3 is 2.40 bits per heavy atom. The number of carboxylic acids is 1. The van der Waals surface area contributed by atoms with E-state index in [4.69, 9.17) is 9.94 Å². The Balaban J connectivity index is 3.77. The van der Waals surface area contributed by atoms with Crippen LogP contribution in [0.3, 0.4) is 0 Å². The molecule has 6 heteroatoms. The van der Waals surface area contributed by atoms with E-state index < -0.39 is 12.0 Å². The molecule has 3 N–H and O–H groups in total. The van der Waals surface area contributed by atoms with Gasteiger partial charge in [0.25, 0.3) is 0 Å². The maximum atomic E-state index is 10.7. The molecule has 0 saturated heterocycles. The van der Waals surface area contributed by atoms with Gasteiger partial charge in [-0.25, -0.2) is 4.79 Å². The lowest BCUT2D eigenvalue weighted by Crippen LogP contribution is -2.46. The molecule has 6 nitrogen and oxygen atoms in total. The van der Waals surface area contributed by atoms with Crippen LogP contribution in [0, 0.1) is 5.92 Å². The summed E-state index contributed by atoms with van der Waals surface area (Å²) in [5, 5.41) is 11.0. The van der Waals surface area contributed by atoms with Crippen molar-refractivity contribution in [1.82, 2.24) is 10.8 Å². The zero-order valence-corrected chi connectivity index (χ0v) is 9.24. The molecule has 15 heavy (non-hydrogen) atoms. The second-order valence-electron chi connectivity index (χ2n) is 3.64. The summed E-state index contributed by atoms with van der Waals surface area (Å²) in [6.07, 6.45) is 0. The predicted octanol–water partition coefficient (Wildman–Crippen LogP) is -0.247. The molecule has 0 heterocycles. The van der Waals surface area contributed by atoms with Gasteiger partial charge in [-0.05, 0) is 5.92 Å². The third kappa shape index (κ3) is 7.90. The van der Waals surface area contributed by atoms with Gasteiger partial charge in [-0.3, -0.25) is 4.79 Å². The monoisotopic (exact) mass is 218 g/mol. The van der Waals surface area contributed by atoms with Crippen LogP contribution in [-0.4, -0.2) is 36.2 Å². The Hall–Kier alpha value is -1.14. The number of amides is 1. The molecule has 0 radical (unpaired) electrons. The van der Waals surface area contributed by atoms with E-state index in [1.54, 1.807) is 0 Å². The standard InChI is InChI=1S/C9H18N2O4/c1-6(2)5-15-10-4-8(9(13)14)11-7(3)12/h6,8,10H,4-5H2,1-3H3,(H,11,12)(H,13,14). The normalized spacial score (nSPS) is 12.5. The quantitative estimate of drug-likeness (QED) is 0.405. The molecule has 0 rings (SSSR count). The van der Waals surface area contributed by atoms with Crippen molar-refractivity contribution < 1.29 is 19.5 Å². The summed E-state index contributed by atoms with van der Waals surface area (Å²) >= 11 is 0. The highest BCUT2D eigenvalue weighted by molar-refractivity contribution is 5.82. The molecule has 0 spiro atoms. The lowest BCUT2D eigenvalue weighted by Gasteiger charge is -2.14. The van der Waals surface area contributed by atoms with E-state index in [-0.39, 0.29) is 12.5 Å². The van der Waals surface area contributed by atoms with Crippen molar-refractivity contribution in [2.75, 3.05) is 13.2 Å². The molecule has 0 aromatic carbocycles. The summed E-state index contributed by atoms with van der Waals surface area (Å²) in [5.41, 5.74) is 2.51. The number of hydrogen-bond acceptors (Lipinski definition) is 4. The average molecular weight is 218 g/mol. The number of carboxylic acid groups (broad SMARTS) is 1. The van der Waals surface area contributed by atoms with Gasteiger partial charge in [-0.15, -0.1) is 0 Å². The van der Waals surface area contributed by atoms with Crippen molar-refractivity contribution in [2.24, 2.45) is 5.92 Å². The minimum Gasteiger partial charge on any atom is -0.480 e. The first-order chi connectivity index (χ1) is 6.93. The summed E-state index contributed by atoms with van der Waals surface area (Å²) in [6.45, 7) is 5.76. The molecule has 1 amide bonds. The minimum absolute atomic E-state index is 0.0433. The van der Waals surface area contributed by atoms with E-state index in [1.165, 1.54) is 6.92 Å². The van der Waals surface area contributed by atoms with Crippen molar-refractivity contribution in [1.29, 1.82) is 0 Å². The molecule has 0 aliphatic rings. The van der Waals surface area contributed by atoms with Crippen molar-refractivity contribution in [3.8, 4) is 0 Å². The number of nitrogens with one attached hydrogen (secondary N) is 2. The van der Waals surface area contributed by atoms with Crippen LogP contribution in [0.4, 0.5) is 0 Å². The smallest absolute Gasteiger partial charge is 0.327 e. The Labute approximate surface area is 88.9 Å². The van der Waals surface area contributed by atoms with Crippen molar-refractivity contribution >= 4 is 11.9 Å². The van der Waals surface area contributed by atoms with E-state index in [0.717, 1.165) is 0 Å². The van der Waals surface area contributed by atoms with Crippen molar-refractivity contribution in [3.05, 3.63) is 0 Å². The lowest BCUT2D eigenvalue weighted by molar-refractivity contribution is -0.142. The summed E-state index contributed by atoms with van der Waals surface area (Å²) in [4.78, 5) is 26.3. The van der Waals surface area contributed by atoms with E-state index in [1.807, 2.05) is 13.8 Å². The molecule has 1 atom stereocenters. The first-order valence-electron chi connectivity index (χ1n) is 4.78. The van der Waals surface area contributed by atoms with Crippen LogP contribution in [0.15, 0.2) is 0 Å².